The molecule has 3 amide bonds. The third kappa shape index (κ3) is 8.00. The second-order valence-electron chi connectivity index (χ2n) is 17.7. The molecule has 9 rings (SSSR count). The lowest BCUT2D eigenvalue weighted by molar-refractivity contribution is -0.134. The minimum Gasteiger partial charge on any atom is -0.477 e. The summed E-state index contributed by atoms with van der Waals surface area (Å²) < 4.78 is 38.7. The summed E-state index contributed by atoms with van der Waals surface area (Å²) in [6, 6.07) is 13.4. The van der Waals surface area contributed by atoms with E-state index in [0.717, 1.165) is 61.4 Å². The van der Waals surface area contributed by atoms with Gasteiger partial charge < -0.3 is 24.8 Å². The summed E-state index contributed by atoms with van der Waals surface area (Å²) in [7, 11) is 1.84. The summed E-state index contributed by atoms with van der Waals surface area (Å²) in [5, 5.41) is 10.1. The number of aromatic nitrogens is 3. The second kappa shape index (κ2) is 16.8. The first kappa shape index (κ1) is 41.5. The van der Waals surface area contributed by atoms with Gasteiger partial charge in [0.2, 0.25) is 23.7 Å². The van der Waals surface area contributed by atoms with E-state index in [2.05, 4.69) is 69.4 Å². The van der Waals surface area contributed by atoms with Crippen molar-refractivity contribution in [2.75, 3.05) is 59.3 Å². The predicted octanol–water partition coefficient (Wildman–Crippen LogP) is 6.39. The highest BCUT2D eigenvalue weighted by Gasteiger charge is 2.38. The lowest BCUT2D eigenvalue weighted by atomic mass is 9.89. The molecule has 0 saturated carbocycles. The fourth-order valence-electron chi connectivity index (χ4n) is 10.0. The zero-order valence-corrected chi connectivity index (χ0v) is 36.0. The number of piperidine rings is 2. The van der Waals surface area contributed by atoms with Crippen LogP contribution in [0.3, 0.4) is 0 Å². The number of hydrogen-bond donors (Lipinski definition) is 2. The average Bonchev–Trinajstić information content (AvgIpc) is 3.78. The Kier molecular flexibility index (Phi) is 11.2. The van der Waals surface area contributed by atoms with Crippen LogP contribution in [-0.2, 0) is 16.6 Å². The van der Waals surface area contributed by atoms with Gasteiger partial charge >= 0.3 is 0 Å². The number of pyridine rings is 1. The molecule has 0 radical (unpaired) electrons. The molecule has 2 aromatic carbocycles. The second-order valence-corrected chi connectivity index (χ2v) is 17.7. The fraction of sp³-hybridized carbons (Fsp3) is 0.478. The zero-order valence-electron chi connectivity index (χ0n) is 36.0. The molecule has 0 spiro atoms. The minimum atomic E-state index is -1.02. The molecule has 16 heteroatoms. The van der Waals surface area contributed by atoms with Crippen molar-refractivity contribution in [3.63, 3.8) is 0 Å². The maximum atomic E-state index is 15.4. The van der Waals surface area contributed by atoms with Crippen molar-refractivity contribution in [3.05, 3.63) is 77.1 Å². The highest BCUT2D eigenvalue weighted by Crippen LogP contribution is 2.40. The average molecular weight is 849 g/mol. The number of amides is 3. The molecule has 5 aliphatic rings. The topological polar surface area (TPSA) is 141 Å². The van der Waals surface area contributed by atoms with E-state index in [1.807, 2.05) is 18.9 Å². The molecule has 4 atom stereocenters. The lowest BCUT2D eigenvalue weighted by Gasteiger charge is -2.50. The molecule has 0 unspecified atom stereocenters. The van der Waals surface area contributed by atoms with Crippen LogP contribution in [0.2, 0.25) is 0 Å². The summed E-state index contributed by atoms with van der Waals surface area (Å²) in [5.74, 6) is -2.57. The SMILES string of the molecule is Cc1cc2cc(n1)-c1cnn(C)c1OCCC[C@@H](C)CN1/C(=N/C2=O)Nc2ccc(N3C[C@H](C)N(C4CCN(c5cc(F)c([C@H]6CCC(=O)NC6=O)c(F)c5)CC4)C[C@H]3C)cc21. The molecular weight excluding hydrogens is 795 g/mol. The van der Waals surface area contributed by atoms with E-state index in [1.165, 1.54) is 12.1 Å². The van der Waals surface area contributed by atoms with Crippen LogP contribution in [0.5, 0.6) is 5.88 Å². The minimum absolute atomic E-state index is 0.0542. The molecule has 7 heterocycles. The number of carbonyl (C=O) groups is 3. The quantitative estimate of drug-likeness (QED) is 0.221. The van der Waals surface area contributed by atoms with E-state index >= 15 is 8.78 Å². The molecule has 326 valence electrons. The number of aryl methyl sites for hydroxylation is 2. The van der Waals surface area contributed by atoms with Crippen LogP contribution >= 0.6 is 0 Å². The van der Waals surface area contributed by atoms with E-state index in [1.54, 1.807) is 23.0 Å². The molecule has 3 saturated heterocycles. The highest BCUT2D eigenvalue weighted by atomic mass is 19.1. The molecule has 4 aromatic rings. The predicted molar refractivity (Wildman–Crippen MR) is 234 cm³/mol. The van der Waals surface area contributed by atoms with Gasteiger partial charge in [0, 0.05) is 92.5 Å². The number of rotatable bonds is 4. The van der Waals surface area contributed by atoms with Gasteiger partial charge in [-0.3, -0.25) is 29.6 Å². The summed E-state index contributed by atoms with van der Waals surface area (Å²) in [6.07, 6.45) is 5.32. The number of carbonyl (C=O) groups excluding carboxylic acids is 3. The van der Waals surface area contributed by atoms with Gasteiger partial charge in [-0.05, 0) is 101 Å². The Balaban J connectivity index is 0.890. The molecule has 2 N–H and O–H groups in total. The summed E-state index contributed by atoms with van der Waals surface area (Å²) in [5.41, 5.74) is 5.68. The zero-order chi connectivity index (χ0) is 43.4. The van der Waals surface area contributed by atoms with Crippen molar-refractivity contribution < 1.29 is 27.9 Å². The van der Waals surface area contributed by atoms with E-state index in [9.17, 15) is 14.4 Å². The van der Waals surface area contributed by atoms with E-state index in [-0.39, 0.29) is 42.3 Å². The van der Waals surface area contributed by atoms with Crippen LogP contribution in [0, 0.1) is 24.5 Å². The Hall–Kier alpha value is -5.90. The van der Waals surface area contributed by atoms with Crippen molar-refractivity contribution in [2.45, 2.75) is 90.3 Å². The van der Waals surface area contributed by atoms with Crippen molar-refractivity contribution in [2.24, 2.45) is 18.0 Å². The first-order valence-electron chi connectivity index (χ1n) is 21.9. The Morgan fingerprint density at radius 3 is 2.39 bits per heavy atom. The van der Waals surface area contributed by atoms with Gasteiger partial charge in [-0.1, -0.05) is 6.92 Å². The lowest BCUT2D eigenvalue weighted by Crippen LogP contribution is -2.60. The molecular formula is C46H54F2N10O4. The number of fused-ring (bicyclic) bond motifs is 7. The van der Waals surface area contributed by atoms with Gasteiger partial charge in [-0.2, -0.15) is 10.1 Å². The number of aliphatic imine (C=N–C) groups is 1. The van der Waals surface area contributed by atoms with Gasteiger partial charge in [-0.25, -0.2) is 13.5 Å². The third-order valence-corrected chi connectivity index (χ3v) is 13.2. The third-order valence-electron chi connectivity index (χ3n) is 13.2. The first-order valence-corrected chi connectivity index (χ1v) is 21.9. The molecule has 2 bridgehead atoms. The molecule has 2 aromatic heterocycles. The highest BCUT2D eigenvalue weighted by molar-refractivity contribution is 6.19. The smallest absolute Gasteiger partial charge is 0.280 e. The number of benzene rings is 2. The Labute approximate surface area is 360 Å². The fourth-order valence-corrected chi connectivity index (χ4v) is 10.0. The molecule has 5 aliphatic heterocycles. The van der Waals surface area contributed by atoms with E-state index in [0.29, 0.717) is 66.8 Å². The van der Waals surface area contributed by atoms with Gasteiger partial charge in [0.05, 0.1) is 41.4 Å². The summed E-state index contributed by atoms with van der Waals surface area (Å²) in [6.45, 7) is 12.8. The number of hydrogen-bond acceptors (Lipinski definition) is 11. The van der Waals surface area contributed by atoms with Gasteiger partial charge in [0.15, 0.2) is 0 Å². The van der Waals surface area contributed by atoms with Crippen LogP contribution in [-0.4, -0.2) is 101 Å². The van der Waals surface area contributed by atoms with Crippen molar-refractivity contribution in [1.29, 1.82) is 0 Å². The summed E-state index contributed by atoms with van der Waals surface area (Å²) in [4.78, 5) is 56.5. The number of guanidine groups is 1. The molecule has 62 heavy (non-hydrogen) atoms. The monoisotopic (exact) mass is 848 g/mol. The van der Waals surface area contributed by atoms with Crippen molar-refractivity contribution in [3.8, 4) is 17.1 Å². The van der Waals surface area contributed by atoms with Gasteiger partial charge in [0.25, 0.3) is 5.91 Å². The van der Waals surface area contributed by atoms with Crippen molar-refractivity contribution >= 4 is 46.4 Å². The Morgan fingerprint density at radius 2 is 1.63 bits per heavy atom. The van der Waals surface area contributed by atoms with Crippen LogP contribution < -0.4 is 30.1 Å². The van der Waals surface area contributed by atoms with Crippen molar-refractivity contribution in [1.82, 2.24) is 25.0 Å². The molecule has 0 aliphatic carbocycles. The number of nitrogens with zero attached hydrogens (tertiary/aromatic N) is 8. The summed E-state index contributed by atoms with van der Waals surface area (Å²) >= 11 is 0. The maximum absolute atomic E-state index is 15.4. The first-order chi connectivity index (χ1) is 29.8. The van der Waals surface area contributed by atoms with Gasteiger partial charge in [-0.15, -0.1) is 0 Å². The van der Waals surface area contributed by atoms with Crippen LogP contribution in [0.25, 0.3) is 11.3 Å². The van der Waals surface area contributed by atoms with Crippen LogP contribution in [0.4, 0.5) is 31.5 Å². The number of halogens is 2. The normalized spacial score (nSPS) is 24.8. The number of nitrogens with one attached hydrogen (secondary N) is 2. The van der Waals surface area contributed by atoms with Crippen LogP contribution in [0.15, 0.2) is 53.7 Å². The number of piperazine rings is 1. The largest absolute Gasteiger partial charge is 0.477 e. The number of anilines is 4. The van der Waals surface area contributed by atoms with Crippen LogP contribution in [0.1, 0.15) is 86.8 Å². The van der Waals surface area contributed by atoms with Gasteiger partial charge in [0.1, 0.15) is 11.6 Å². The van der Waals surface area contributed by atoms with E-state index in [4.69, 9.17) is 14.7 Å². The van der Waals surface area contributed by atoms with E-state index < -0.39 is 29.4 Å². The number of imide groups is 1. The number of ether oxygens (including phenoxy) is 1. The maximum Gasteiger partial charge on any atom is 0.280 e. The Bertz CT molecular complexity index is 2420. The molecule has 14 nitrogen and oxygen atoms in total. The Morgan fingerprint density at radius 1 is 0.855 bits per heavy atom. The standard InChI is InChI=1S/C46H54F2N10O4/c1-26-7-6-16-62-45-35(22-49-54(45)5)39-18-30(17-27(2)50-39)43(60)53-46-51-38-10-8-32(21-40(38)58(46)23-26)57-25-28(3)56(24-29(57)4)31-12-14-55(15-13-31)33-19-36(47)42(37(48)20-33)34-9-11-41(59)52-44(34)61/h8,10,17-22,26,28-29,31,34H,6-7,9,11-16,23-25H2,1-5H3,(H,51,53,60)(H,52,59,61)/t26-,28+,29-,34-/m1/s1. The molecule has 3 fully saturated rings.